The van der Waals surface area contributed by atoms with Gasteiger partial charge >= 0.3 is 6.18 Å². The highest BCUT2D eigenvalue weighted by Gasteiger charge is 2.33. The highest BCUT2D eigenvalue weighted by molar-refractivity contribution is 7.22. The molecule has 1 atom stereocenters. The van der Waals surface area contributed by atoms with Gasteiger partial charge in [-0.3, -0.25) is 0 Å². The second kappa shape index (κ2) is 5.09. The summed E-state index contributed by atoms with van der Waals surface area (Å²) in [5.74, 6) is 0. The second-order valence-electron chi connectivity index (χ2n) is 6.25. The van der Waals surface area contributed by atoms with E-state index < -0.39 is 11.7 Å². The second-order valence-corrected chi connectivity index (χ2v) is 7.25. The average molecular weight is 330 g/mol. The van der Waals surface area contributed by atoms with Gasteiger partial charge in [0.15, 0.2) is 5.13 Å². The molecule has 1 aliphatic heterocycles. The Morgan fingerprint density at radius 3 is 2.73 bits per heavy atom. The molecule has 0 aliphatic carbocycles. The molecule has 0 saturated carbocycles. The zero-order valence-corrected chi connectivity index (χ0v) is 13.4. The van der Waals surface area contributed by atoms with Crippen molar-refractivity contribution in [3.05, 3.63) is 23.8 Å². The van der Waals surface area contributed by atoms with Crippen LogP contribution in [0.5, 0.6) is 0 Å². The van der Waals surface area contributed by atoms with E-state index in [1.807, 2.05) is 20.8 Å². The lowest BCUT2D eigenvalue weighted by Crippen LogP contribution is -2.52. The summed E-state index contributed by atoms with van der Waals surface area (Å²) in [5, 5.41) is 0.748. The van der Waals surface area contributed by atoms with Crippen LogP contribution in [-0.4, -0.2) is 29.8 Å². The van der Waals surface area contributed by atoms with Crippen molar-refractivity contribution in [2.75, 3.05) is 18.0 Å². The van der Waals surface area contributed by atoms with E-state index in [1.54, 1.807) is 0 Å². The smallest absolute Gasteiger partial charge is 0.369 e. The van der Waals surface area contributed by atoms with Gasteiger partial charge in [0.1, 0.15) is 0 Å². The van der Waals surface area contributed by atoms with Crippen LogP contribution >= 0.6 is 11.3 Å². The van der Waals surface area contributed by atoms with Crippen molar-refractivity contribution in [3.63, 3.8) is 0 Å². The first kappa shape index (κ1) is 15.6. The fourth-order valence-corrected chi connectivity index (χ4v) is 3.78. The molecule has 1 saturated heterocycles. The third kappa shape index (κ3) is 3.05. The van der Waals surface area contributed by atoms with Crippen LogP contribution in [0.15, 0.2) is 18.2 Å². The van der Waals surface area contributed by atoms with Crippen LogP contribution in [0.25, 0.3) is 10.2 Å². The maximum absolute atomic E-state index is 12.8. The molecule has 0 radical (unpaired) electrons. The van der Waals surface area contributed by atoms with Crippen LogP contribution in [0.2, 0.25) is 0 Å². The number of fused-ring (bicyclic) bond motifs is 1. The third-order valence-electron chi connectivity index (χ3n) is 3.54. The summed E-state index contributed by atoms with van der Waals surface area (Å²) in [4.78, 5) is 6.49. The molecule has 1 fully saturated rings. The van der Waals surface area contributed by atoms with Gasteiger partial charge in [-0.2, -0.15) is 13.2 Å². The Labute approximate surface area is 130 Å². The molecule has 120 valence electrons. The summed E-state index contributed by atoms with van der Waals surface area (Å²) in [6, 6.07) is 3.72. The molecule has 3 rings (SSSR count). The number of hydrogen-bond acceptors (Lipinski definition) is 4. The minimum absolute atomic E-state index is 0.0569. The van der Waals surface area contributed by atoms with Crippen molar-refractivity contribution >= 4 is 26.7 Å². The SMILES string of the molecule is CC1CN(c2nc3cc(C(F)(F)F)ccc3s2)CC(C)(C)O1. The van der Waals surface area contributed by atoms with E-state index in [2.05, 4.69) is 9.88 Å². The van der Waals surface area contributed by atoms with Gasteiger partial charge < -0.3 is 9.64 Å². The summed E-state index contributed by atoms with van der Waals surface area (Å²) >= 11 is 1.42. The lowest BCUT2D eigenvalue weighted by Gasteiger charge is -2.41. The minimum atomic E-state index is -4.34. The number of halogens is 3. The molecule has 2 heterocycles. The standard InChI is InChI=1S/C15H17F3N2OS/c1-9-7-20(8-14(2,3)21-9)13-19-11-6-10(15(16,17)18)4-5-12(11)22-13/h4-6,9H,7-8H2,1-3H3. The number of rotatable bonds is 1. The van der Waals surface area contributed by atoms with E-state index >= 15 is 0 Å². The summed E-state index contributed by atoms with van der Waals surface area (Å²) in [5.41, 5.74) is -0.563. The van der Waals surface area contributed by atoms with E-state index in [1.165, 1.54) is 17.4 Å². The number of benzene rings is 1. The Balaban J connectivity index is 1.95. The van der Waals surface area contributed by atoms with Crippen LogP contribution in [-0.2, 0) is 10.9 Å². The van der Waals surface area contributed by atoms with Crippen LogP contribution in [0.3, 0.4) is 0 Å². The molecule has 3 nitrogen and oxygen atoms in total. The number of hydrogen-bond donors (Lipinski definition) is 0. The van der Waals surface area contributed by atoms with Gasteiger partial charge in [-0.1, -0.05) is 11.3 Å². The van der Waals surface area contributed by atoms with E-state index in [9.17, 15) is 13.2 Å². The van der Waals surface area contributed by atoms with Crippen molar-refractivity contribution in [2.45, 2.75) is 38.7 Å². The molecule has 22 heavy (non-hydrogen) atoms. The van der Waals surface area contributed by atoms with Gasteiger partial charge in [0, 0.05) is 13.1 Å². The van der Waals surface area contributed by atoms with Crippen molar-refractivity contribution in [1.82, 2.24) is 4.98 Å². The quantitative estimate of drug-likeness (QED) is 0.779. The van der Waals surface area contributed by atoms with Crippen LogP contribution in [0.1, 0.15) is 26.3 Å². The number of aromatic nitrogens is 1. The molecule has 1 unspecified atom stereocenters. The number of morpholine rings is 1. The number of ether oxygens (including phenoxy) is 1. The number of thiazole rings is 1. The average Bonchev–Trinajstić information content (AvgIpc) is 2.77. The van der Waals surface area contributed by atoms with Gasteiger partial charge in [-0.25, -0.2) is 4.98 Å². The van der Waals surface area contributed by atoms with Gasteiger partial charge in [-0.05, 0) is 39.0 Å². The van der Waals surface area contributed by atoms with Crippen LogP contribution in [0, 0.1) is 0 Å². The zero-order chi connectivity index (χ0) is 16.1. The van der Waals surface area contributed by atoms with Crippen molar-refractivity contribution in [3.8, 4) is 0 Å². The lowest BCUT2D eigenvalue weighted by molar-refractivity contribution is -0.137. The molecule has 0 N–H and O–H groups in total. The maximum Gasteiger partial charge on any atom is 0.416 e. The van der Waals surface area contributed by atoms with E-state index in [4.69, 9.17) is 4.74 Å². The largest absolute Gasteiger partial charge is 0.416 e. The van der Waals surface area contributed by atoms with Crippen LogP contribution < -0.4 is 4.90 Å². The normalized spacial score (nSPS) is 22.3. The molecule has 0 spiro atoms. The fourth-order valence-electron chi connectivity index (χ4n) is 2.83. The monoisotopic (exact) mass is 330 g/mol. The van der Waals surface area contributed by atoms with Gasteiger partial charge in [-0.15, -0.1) is 0 Å². The lowest BCUT2D eigenvalue weighted by atomic mass is 10.1. The molecule has 0 bridgehead atoms. The Bertz CT molecular complexity index is 696. The number of nitrogens with zero attached hydrogens (tertiary/aromatic N) is 2. The first-order valence-corrected chi connectivity index (χ1v) is 7.86. The molecular formula is C15H17F3N2OS. The minimum Gasteiger partial charge on any atom is -0.369 e. The van der Waals surface area contributed by atoms with E-state index in [0.717, 1.165) is 22.0 Å². The van der Waals surface area contributed by atoms with E-state index in [-0.39, 0.29) is 11.7 Å². The Hall–Kier alpha value is -1.34. The number of alkyl halides is 3. The first-order chi connectivity index (χ1) is 10.1. The Morgan fingerprint density at radius 2 is 2.09 bits per heavy atom. The molecule has 0 amide bonds. The van der Waals surface area contributed by atoms with Gasteiger partial charge in [0.2, 0.25) is 0 Å². The molecule has 7 heteroatoms. The number of anilines is 1. The zero-order valence-electron chi connectivity index (χ0n) is 12.6. The maximum atomic E-state index is 12.8. The predicted molar refractivity (Wildman–Crippen MR) is 81.5 cm³/mol. The third-order valence-corrected chi connectivity index (χ3v) is 4.64. The van der Waals surface area contributed by atoms with Crippen LogP contribution in [0.4, 0.5) is 18.3 Å². The van der Waals surface area contributed by atoms with Crippen molar-refractivity contribution in [2.24, 2.45) is 0 Å². The highest BCUT2D eigenvalue weighted by atomic mass is 32.1. The van der Waals surface area contributed by atoms with Gasteiger partial charge in [0.05, 0.1) is 27.5 Å². The Morgan fingerprint density at radius 1 is 1.36 bits per heavy atom. The molecule has 2 aromatic rings. The molecular weight excluding hydrogens is 313 g/mol. The van der Waals surface area contributed by atoms with E-state index in [0.29, 0.717) is 18.6 Å². The van der Waals surface area contributed by atoms with Crippen molar-refractivity contribution < 1.29 is 17.9 Å². The topological polar surface area (TPSA) is 25.4 Å². The van der Waals surface area contributed by atoms with Gasteiger partial charge in [0.25, 0.3) is 0 Å². The highest BCUT2D eigenvalue weighted by Crippen LogP contribution is 2.36. The molecule has 1 aromatic carbocycles. The summed E-state index contributed by atoms with van der Waals surface area (Å²) in [6.07, 6.45) is -4.28. The first-order valence-electron chi connectivity index (χ1n) is 7.05. The molecule has 1 aliphatic rings. The molecule has 1 aromatic heterocycles. The predicted octanol–water partition coefficient (Wildman–Crippen LogP) is 4.32. The fraction of sp³-hybridized carbons (Fsp3) is 0.533. The summed E-state index contributed by atoms with van der Waals surface area (Å²) < 4.78 is 44.9. The summed E-state index contributed by atoms with van der Waals surface area (Å²) in [6.45, 7) is 7.36. The Kier molecular flexibility index (Phi) is 3.60. The van der Waals surface area contributed by atoms with Crippen molar-refractivity contribution in [1.29, 1.82) is 0 Å². The summed E-state index contributed by atoms with van der Waals surface area (Å²) in [7, 11) is 0.